The molecule has 0 heterocycles. The van der Waals surface area contributed by atoms with Crippen molar-refractivity contribution in [3.05, 3.63) is 40.7 Å². The molecule has 0 amide bonds. The van der Waals surface area contributed by atoms with Crippen LogP contribution in [0.3, 0.4) is 0 Å². The lowest BCUT2D eigenvalue weighted by atomic mass is 9.85. The Morgan fingerprint density at radius 2 is 2.06 bits per heavy atom. The molecule has 3 nitrogen and oxygen atoms in total. The fraction of sp³-hybridized carbons (Fsp3) is 0.500. The number of nitrogens with zero attached hydrogens (tertiary/aromatic N) is 1. The van der Waals surface area contributed by atoms with Gasteiger partial charge in [0.05, 0.1) is 7.11 Å². The maximum atomic E-state index is 9.82. The highest BCUT2D eigenvalue weighted by Gasteiger charge is 2.21. The van der Waals surface area contributed by atoms with Crippen molar-refractivity contribution < 1.29 is 9.84 Å². The van der Waals surface area contributed by atoms with E-state index in [9.17, 15) is 5.11 Å². The summed E-state index contributed by atoms with van der Waals surface area (Å²) in [5.41, 5.74) is 1.76. The van der Waals surface area contributed by atoms with Crippen molar-refractivity contribution in [1.29, 1.82) is 0 Å². The van der Waals surface area contributed by atoms with E-state index in [1.807, 2.05) is 18.2 Å². The number of hydrogen-bond donors (Lipinski definition) is 1. The lowest BCUT2D eigenvalue weighted by Gasteiger charge is -2.23. The second-order valence-electron chi connectivity index (χ2n) is 5.07. The van der Waals surface area contributed by atoms with Crippen LogP contribution in [0.2, 0.25) is 0 Å². The van der Waals surface area contributed by atoms with Crippen LogP contribution in [0.1, 0.15) is 38.0 Å². The zero-order valence-corrected chi connectivity index (χ0v) is 10.8. The van der Waals surface area contributed by atoms with Gasteiger partial charge < -0.3 is 14.7 Å². The third-order valence-corrected chi connectivity index (χ3v) is 2.68. The van der Waals surface area contributed by atoms with Gasteiger partial charge in [-0.3, -0.25) is 0 Å². The van der Waals surface area contributed by atoms with Crippen LogP contribution in [0.25, 0.3) is 4.85 Å². The highest BCUT2D eigenvalue weighted by molar-refractivity contribution is 5.42. The van der Waals surface area contributed by atoms with Crippen molar-refractivity contribution in [3.8, 4) is 5.75 Å². The number of aliphatic hydroxyl groups is 1. The summed E-state index contributed by atoms with van der Waals surface area (Å²) in [7, 11) is 1.64. The fourth-order valence-corrected chi connectivity index (χ4v) is 1.71. The molecule has 3 heteroatoms. The first-order valence-corrected chi connectivity index (χ1v) is 5.60. The van der Waals surface area contributed by atoms with Crippen LogP contribution >= 0.6 is 0 Å². The van der Waals surface area contributed by atoms with E-state index >= 15 is 0 Å². The standard InChI is InChI=1S/C14H19NO2/c1-14(2,3)11-8-10(12(16)9-15-4)6-7-13(11)17-5/h6-8,12,16H,9H2,1-3,5H3. The Morgan fingerprint density at radius 1 is 1.41 bits per heavy atom. The van der Waals surface area contributed by atoms with E-state index in [1.54, 1.807) is 7.11 Å². The highest BCUT2D eigenvalue weighted by Crippen LogP contribution is 2.33. The van der Waals surface area contributed by atoms with Gasteiger partial charge in [-0.25, -0.2) is 6.57 Å². The average molecular weight is 233 g/mol. The molecule has 0 saturated heterocycles. The molecule has 1 N–H and O–H groups in total. The molecule has 92 valence electrons. The van der Waals surface area contributed by atoms with Crippen molar-refractivity contribution in [2.45, 2.75) is 32.3 Å². The minimum atomic E-state index is -0.723. The summed E-state index contributed by atoms with van der Waals surface area (Å²) in [6.07, 6.45) is -0.723. The number of benzene rings is 1. The average Bonchev–Trinajstić information content (AvgIpc) is 2.27. The summed E-state index contributed by atoms with van der Waals surface area (Å²) < 4.78 is 5.32. The normalized spacial score (nSPS) is 12.9. The van der Waals surface area contributed by atoms with Gasteiger partial charge in [0.25, 0.3) is 0 Å². The lowest BCUT2D eigenvalue weighted by Crippen LogP contribution is -2.14. The summed E-state index contributed by atoms with van der Waals surface area (Å²) >= 11 is 0. The summed E-state index contributed by atoms with van der Waals surface area (Å²) in [6, 6.07) is 5.59. The maximum absolute atomic E-state index is 9.82. The van der Waals surface area contributed by atoms with Crippen molar-refractivity contribution in [3.63, 3.8) is 0 Å². The van der Waals surface area contributed by atoms with Gasteiger partial charge in [-0.05, 0) is 28.7 Å². The molecule has 0 radical (unpaired) electrons. The summed E-state index contributed by atoms with van der Waals surface area (Å²) in [5.74, 6) is 0.816. The van der Waals surface area contributed by atoms with Crippen LogP contribution in [0, 0.1) is 6.57 Å². The van der Waals surface area contributed by atoms with Crippen LogP contribution in [0.15, 0.2) is 18.2 Å². The molecule has 0 spiro atoms. The fourth-order valence-electron chi connectivity index (χ4n) is 1.71. The first-order valence-electron chi connectivity index (χ1n) is 5.60. The van der Waals surface area contributed by atoms with E-state index in [0.717, 1.165) is 16.9 Å². The van der Waals surface area contributed by atoms with Crippen LogP contribution in [0.5, 0.6) is 5.75 Å². The Balaban J connectivity index is 3.19. The first kappa shape index (κ1) is 13.5. The van der Waals surface area contributed by atoms with Crippen molar-refractivity contribution in [1.82, 2.24) is 0 Å². The molecule has 0 saturated carbocycles. The van der Waals surface area contributed by atoms with E-state index in [1.165, 1.54) is 0 Å². The molecule has 1 atom stereocenters. The van der Waals surface area contributed by atoms with E-state index < -0.39 is 6.10 Å². The van der Waals surface area contributed by atoms with Gasteiger partial charge in [-0.2, -0.15) is 0 Å². The minimum Gasteiger partial charge on any atom is -0.496 e. The lowest BCUT2D eigenvalue weighted by molar-refractivity contribution is 0.195. The Labute approximate surface area is 103 Å². The molecule has 0 aliphatic rings. The minimum absolute atomic E-state index is 0.0564. The second-order valence-corrected chi connectivity index (χ2v) is 5.07. The third-order valence-electron chi connectivity index (χ3n) is 2.68. The maximum Gasteiger partial charge on any atom is 0.244 e. The quantitative estimate of drug-likeness (QED) is 0.814. The third kappa shape index (κ3) is 3.21. The number of ether oxygens (including phenoxy) is 1. The number of methoxy groups -OCH3 is 1. The van der Waals surface area contributed by atoms with E-state index in [-0.39, 0.29) is 12.0 Å². The van der Waals surface area contributed by atoms with Crippen LogP contribution in [-0.4, -0.2) is 18.8 Å². The molecular formula is C14H19NO2. The Hall–Kier alpha value is -1.53. The van der Waals surface area contributed by atoms with Gasteiger partial charge in [0.2, 0.25) is 6.54 Å². The molecule has 1 aromatic rings. The van der Waals surface area contributed by atoms with E-state index in [2.05, 4.69) is 25.6 Å². The van der Waals surface area contributed by atoms with Gasteiger partial charge in [0.15, 0.2) is 6.10 Å². The van der Waals surface area contributed by atoms with E-state index in [4.69, 9.17) is 11.3 Å². The van der Waals surface area contributed by atoms with Gasteiger partial charge in [-0.1, -0.05) is 26.8 Å². The molecule has 0 aromatic heterocycles. The molecule has 1 unspecified atom stereocenters. The predicted molar refractivity (Wildman–Crippen MR) is 68.1 cm³/mol. The van der Waals surface area contributed by atoms with Gasteiger partial charge in [-0.15, -0.1) is 0 Å². The summed E-state index contributed by atoms with van der Waals surface area (Å²) in [5, 5.41) is 9.82. The monoisotopic (exact) mass is 233 g/mol. The second kappa shape index (κ2) is 5.20. The van der Waals surface area contributed by atoms with Gasteiger partial charge in [0.1, 0.15) is 5.75 Å². The van der Waals surface area contributed by atoms with Crippen molar-refractivity contribution in [2.75, 3.05) is 13.7 Å². The molecule has 1 rings (SSSR count). The van der Waals surface area contributed by atoms with Crippen LogP contribution in [-0.2, 0) is 5.41 Å². The van der Waals surface area contributed by atoms with Crippen LogP contribution in [0.4, 0.5) is 0 Å². The summed E-state index contributed by atoms with van der Waals surface area (Å²) in [6.45, 7) is 13.2. The topological polar surface area (TPSA) is 33.8 Å². The molecule has 1 aromatic carbocycles. The first-order chi connectivity index (χ1) is 7.90. The van der Waals surface area contributed by atoms with Crippen molar-refractivity contribution in [2.24, 2.45) is 0 Å². The molecule has 17 heavy (non-hydrogen) atoms. The molecule has 0 aliphatic carbocycles. The van der Waals surface area contributed by atoms with Gasteiger partial charge >= 0.3 is 0 Å². The number of hydrogen-bond acceptors (Lipinski definition) is 2. The largest absolute Gasteiger partial charge is 0.496 e. The molecule has 0 aliphatic heterocycles. The molecule has 0 bridgehead atoms. The van der Waals surface area contributed by atoms with E-state index in [0.29, 0.717) is 0 Å². The van der Waals surface area contributed by atoms with Gasteiger partial charge in [0, 0.05) is 0 Å². The number of aliphatic hydroxyl groups excluding tert-OH is 1. The predicted octanol–water partition coefficient (Wildman–Crippen LogP) is 2.95. The zero-order chi connectivity index (χ0) is 13.1. The van der Waals surface area contributed by atoms with Crippen LogP contribution < -0.4 is 4.74 Å². The molecular weight excluding hydrogens is 214 g/mol. The molecule has 0 fully saturated rings. The Kier molecular flexibility index (Phi) is 4.14. The summed E-state index contributed by atoms with van der Waals surface area (Å²) in [4.78, 5) is 3.22. The smallest absolute Gasteiger partial charge is 0.244 e. The van der Waals surface area contributed by atoms with Crippen molar-refractivity contribution >= 4 is 0 Å². The Bertz CT molecular complexity index is 427. The Morgan fingerprint density at radius 3 is 2.53 bits per heavy atom. The zero-order valence-electron chi connectivity index (χ0n) is 10.8. The number of rotatable bonds is 3. The SMILES string of the molecule is [C-]#[N+]CC(O)c1ccc(OC)c(C(C)(C)C)c1. The highest BCUT2D eigenvalue weighted by atomic mass is 16.5.